The van der Waals surface area contributed by atoms with Gasteiger partial charge in [-0.15, -0.1) is 0 Å². The van der Waals surface area contributed by atoms with Gasteiger partial charge in [0.1, 0.15) is 17.4 Å². The minimum absolute atomic E-state index is 0.0550. The van der Waals surface area contributed by atoms with Gasteiger partial charge in [0.15, 0.2) is 0 Å². The number of nitriles is 1. The summed E-state index contributed by atoms with van der Waals surface area (Å²) in [5.41, 5.74) is 4.85. The molecular weight excluding hydrogens is 235 g/mol. The summed E-state index contributed by atoms with van der Waals surface area (Å²) in [6, 6.07) is 5.64. The van der Waals surface area contributed by atoms with Crippen molar-refractivity contribution < 1.29 is 9.18 Å². The molecule has 0 bridgehead atoms. The van der Waals surface area contributed by atoms with Crippen molar-refractivity contribution in [3.63, 3.8) is 0 Å². The normalized spacial score (nSPS) is 10.8. The highest BCUT2D eigenvalue weighted by molar-refractivity contribution is 5.97. The molecule has 5 nitrogen and oxygen atoms in total. The van der Waals surface area contributed by atoms with Crippen LogP contribution in [-0.4, -0.2) is 18.5 Å². The summed E-state index contributed by atoms with van der Waals surface area (Å²) in [6.07, 6.45) is 0. The first kappa shape index (κ1) is 14.1. The summed E-state index contributed by atoms with van der Waals surface area (Å²) in [5.74, 6) is -0.976. The lowest BCUT2D eigenvalue weighted by Gasteiger charge is -2.24. The van der Waals surface area contributed by atoms with Crippen LogP contribution in [0.2, 0.25) is 0 Å². The Morgan fingerprint density at radius 1 is 1.44 bits per heavy atom. The minimum atomic E-state index is -0.848. The van der Waals surface area contributed by atoms with Crippen LogP contribution >= 0.6 is 0 Å². The van der Waals surface area contributed by atoms with Crippen molar-refractivity contribution in [2.75, 3.05) is 12.4 Å². The average Bonchev–Trinajstić information content (AvgIpc) is 2.29. The van der Waals surface area contributed by atoms with Crippen LogP contribution in [0.3, 0.4) is 0 Å². The fourth-order valence-electron chi connectivity index (χ4n) is 1.34. The second kappa shape index (κ2) is 5.58. The Bertz CT molecular complexity index is 493. The number of halogens is 1. The van der Waals surface area contributed by atoms with E-state index in [1.54, 1.807) is 27.0 Å². The van der Waals surface area contributed by atoms with E-state index in [-0.39, 0.29) is 11.5 Å². The molecule has 0 unspecified atom stereocenters. The zero-order valence-corrected chi connectivity index (χ0v) is 10.5. The molecule has 1 aromatic rings. The van der Waals surface area contributed by atoms with Gasteiger partial charge in [0.2, 0.25) is 5.91 Å². The van der Waals surface area contributed by atoms with Gasteiger partial charge in [0.05, 0.1) is 5.56 Å². The van der Waals surface area contributed by atoms with Gasteiger partial charge in [0.25, 0.3) is 0 Å². The van der Waals surface area contributed by atoms with Crippen LogP contribution in [0.25, 0.3) is 0 Å². The van der Waals surface area contributed by atoms with Crippen LogP contribution in [0.15, 0.2) is 18.2 Å². The molecular formula is C12H15FN4O. The van der Waals surface area contributed by atoms with Crippen LogP contribution in [0.5, 0.6) is 0 Å². The molecule has 0 saturated carbocycles. The monoisotopic (exact) mass is 250 g/mol. The second-order valence-corrected chi connectivity index (χ2v) is 4.26. The molecule has 3 N–H and O–H groups in total. The largest absolute Gasteiger partial charge is 0.324 e. The van der Waals surface area contributed by atoms with Crippen molar-refractivity contribution >= 4 is 11.6 Å². The first-order valence-corrected chi connectivity index (χ1v) is 5.35. The molecule has 96 valence electrons. The van der Waals surface area contributed by atoms with Crippen molar-refractivity contribution in [1.29, 1.82) is 5.26 Å². The number of amides is 1. The average molecular weight is 250 g/mol. The van der Waals surface area contributed by atoms with E-state index in [4.69, 9.17) is 5.26 Å². The molecule has 0 aliphatic heterocycles. The lowest BCUT2D eigenvalue weighted by atomic mass is 10.1. The maximum Gasteiger partial charge on any atom is 0.245 e. The smallest absolute Gasteiger partial charge is 0.245 e. The molecule has 0 heterocycles. The van der Waals surface area contributed by atoms with Gasteiger partial charge < -0.3 is 5.32 Å². The molecule has 0 atom stereocenters. The molecule has 0 radical (unpaired) electrons. The number of hydrogen-bond acceptors (Lipinski definition) is 4. The van der Waals surface area contributed by atoms with Crippen molar-refractivity contribution in [2.45, 2.75) is 19.4 Å². The van der Waals surface area contributed by atoms with Gasteiger partial charge in [0, 0.05) is 5.69 Å². The Morgan fingerprint density at radius 3 is 2.61 bits per heavy atom. The molecule has 18 heavy (non-hydrogen) atoms. The number of hydrazine groups is 1. The number of benzene rings is 1. The lowest BCUT2D eigenvalue weighted by Crippen LogP contribution is -2.54. The molecule has 0 aromatic heterocycles. The molecule has 0 saturated heterocycles. The summed E-state index contributed by atoms with van der Waals surface area (Å²) >= 11 is 0. The van der Waals surface area contributed by atoms with Crippen LogP contribution in [0, 0.1) is 17.1 Å². The van der Waals surface area contributed by atoms with Gasteiger partial charge in [-0.1, -0.05) is 0 Å². The molecule has 0 aliphatic rings. The predicted molar refractivity (Wildman–Crippen MR) is 66.0 cm³/mol. The Hall–Kier alpha value is -1.97. The number of rotatable bonds is 4. The maximum absolute atomic E-state index is 13.3. The van der Waals surface area contributed by atoms with Gasteiger partial charge in [-0.3, -0.25) is 10.2 Å². The van der Waals surface area contributed by atoms with E-state index in [0.717, 1.165) is 6.07 Å². The zero-order valence-electron chi connectivity index (χ0n) is 10.5. The number of nitrogens with zero attached hydrogens (tertiary/aromatic N) is 1. The summed E-state index contributed by atoms with van der Waals surface area (Å²) in [7, 11) is 1.65. The number of hydrogen-bond donors (Lipinski definition) is 3. The van der Waals surface area contributed by atoms with Crippen molar-refractivity contribution in [3.8, 4) is 6.07 Å². The molecule has 1 aromatic carbocycles. The number of carbonyl (C=O) groups is 1. The predicted octanol–water partition coefficient (Wildman–Crippen LogP) is 1.14. The Kier molecular flexibility index (Phi) is 4.37. The lowest BCUT2D eigenvalue weighted by molar-refractivity contribution is -0.121. The fraction of sp³-hybridized carbons (Fsp3) is 0.333. The zero-order chi connectivity index (χ0) is 13.8. The van der Waals surface area contributed by atoms with E-state index >= 15 is 0 Å². The van der Waals surface area contributed by atoms with E-state index < -0.39 is 11.4 Å². The molecule has 6 heteroatoms. The van der Waals surface area contributed by atoms with Gasteiger partial charge in [-0.2, -0.15) is 5.26 Å². The topological polar surface area (TPSA) is 76.9 Å². The van der Waals surface area contributed by atoms with Crippen molar-refractivity contribution in [2.24, 2.45) is 0 Å². The molecule has 0 aliphatic carbocycles. The van der Waals surface area contributed by atoms with Crippen LogP contribution in [-0.2, 0) is 4.79 Å². The highest BCUT2D eigenvalue weighted by Crippen LogP contribution is 2.15. The van der Waals surface area contributed by atoms with Crippen LogP contribution < -0.4 is 16.2 Å². The van der Waals surface area contributed by atoms with E-state index in [1.165, 1.54) is 12.1 Å². The summed E-state index contributed by atoms with van der Waals surface area (Å²) in [4.78, 5) is 11.9. The van der Waals surface area contributed by atoms with E-state index in [0.29, 0.717) is 5.69 Å². The first-order chi connectivity index (χ1) is 8.40. The number of carbonyl (C=O) groups excluding carboxylic acids is 1. The highest BCUT2D eigenvalue weighted by Gasteiger charge is 2.26. The number of nitrogens with one attached hydrogen (secondary N) is 3. The third-order valence-corrected chi connectivity index (χ3v) is 2.35. The second-order valence-electron chi connectivity index (χ2n) is 4.26. The molecule has 1 amide bonds. The molecule has 0 fully saturated rings. The third kappa shape index (κ3) is 3.26. The van der Waals surface area contributed by atoms with Crippen LogP contribution in [0.4, 0.5) is 10.1 Å². The molecule has 0 spiro atoms. The first-order valence-electron chi connectivity index (χ1n) is 5.35. The Morgan fingerprint density at radius 2 is 2.11 bits per heavy atom. The van der Waals surface area contributed by atoms with E-state index in [2.05, 4.69) is 16.2 Å². The quantitative estimate of drug-likeness (QED) is 0.700. The standard InChI is InChI=1S/C12H15FN4O/c1-12(2,17-15-3)11(18)16-9-5-4-8(7-14)10(13)6-9/h4-6,15,17H,1-3H3,(H,16,18). The fourth-order valence-corrected chi connectivity index (χ4v) is 1.34. The summed E-state index contributed by atoms with van der Waals surface area (Å²) in [5, 5.41) is 11.2. The van der Waals surface area contributed by atoms with Crippen LogP contribution in [0.1, 0.15) is 19.4 Å². The summed E-state index contributed by atoms with van der Waals surface area (Å²) in [6.45, 7) is 3.36. The van der Waals surface area contributed by atoms with E-state index in [9.17, 15) is 9.18 Å². The number of anilines is 1. The third-order valence-electron chi connectivity index (χ3n) is 2.35. The SMILES string of the molecule is CNNC(C)(C)C(=O)Nc1ccc(C#N)c(F)c1. The highest BCUT2D eigenvalue weighted by atomic mass is 19.1. The summed E-state index contributed by atoms with van der Waals surface area (Å²) < 4.78 is 13.3. The molecule has 1 rings (SSSR count). The van der Waals surface area contributed by atoms with Gasteiger partial charge in [-0.05, 0) is 39.1 Å². The maximum atomic E-state index is 13.3. The van der Waals surface area contributed by atoms with Gasteiger partial charge in [-0.25, -0.2) is 9.82 Å². The Labute approximate surface area is 105 Å². The minimum Gasteiger partial charge on any atom is -0.324 e. The Balaban J connectivity index is 2.83. The van der Waals surface area contributed by atoms with Crippen molar-refractivity contribution in [1.82, 2.24) is 10.9 Å². The van der Waals surface area contributed by atoms with E-state index in [1.807, 2.05) is 0 Å². The van der Waals surface area contributed by atoms with Crippen molar-refractivity contribution in [3.05, 3.63) is 29.6 Å². The van der Waals surface area contributed by atoms with Gasteiger partial charge >= 0.3 is 0 Å².